The molecule has 10 nitrogen and oxygen atoms in total. The SMILES string of the molecule is CC(C)(C)OC(=O)N1CCOC[C@@H]1c1noc(-c2ccc(S(N)(=O)=O)c(F)c2)n1. The fourth-order valence-electron chi connectivity index (χ4n) is 2.71. The van der Waals surface area contributed by atoms with E-state index < -0.39 is 38.5 Å². The fraction of sp³-hybridized carbons (Fsp3) is 0.471. The molecule has 0 radical (unpaired) electrons. The molecule has 29 heavy (non-hydrogen) atoms. The molecule has 1 saturated heterocycles. The minimum Gasteiger partial charge on any atom is -0.444 e. The van der Waals surface area contributed by atoms with Crippen LogP contribution in [0.5, 0.6) is 0 Å². The van der Waals surface area contributed by atoms with Crippen molar-refractivity contribution < 1.29 is 31.6 Å². The molecule has 1 aliphatic heterocycles. The minimum atomic E-state index is -4.19. The zero-order chi connectivity index (χ0) is 21.4. The van der Waals surface area contributed by atoms with Crippen LogP contribution < -0.4 is 5.14 Å². The first kappa shape index (κ1) is 21.1. The van der Waals surface area contributed by atoms with E-state index in [0.29, 0.717) is 6.61 Å². The molecule has 0 aliphatic carbocycles. The number of amides is 1. The number of halogens is 1. The van der Waals surface area contributed by atoms with E-state index in [-0.39, 0.29) is 30.4 Å². The summed E-state index contributed by atoms with van der Waals surface area (Å²) in [5, 5.41) is 8.82. The van der Waals surface area contributed by atoms with Gasteiger partial charge in [0.05, 0.1) is 13.2 Å². The number of primary sulfonamides is 1. The lowest BCUT2D eigenvalue weighted by Gasteiger charge is -2.34. The van der Waals surface area contributed by atoms with Crippen LogP contribution in [0.25, 0.3) is 11.5 Å². The smallest absolute Gasteiger partial charge is 0.411 e. The van der Waals surface area contributed by atoms with E-state index in [4.69, 9.17) is 19.1 Å². The van der Waals surface area contributed by atoms with Gasteiger partial charge in [0.25, 0.3) is 5.89 Å². The van der Waals surface area contributed by atoms with Crippen LogP contribution in [-0.2, 0) is 19.5 Å². The third kappa shape index (κ3) is 4.89. The van der Waals surface area contributed by atoms with Gasteiger partial charge >= 0.3 is 6.09 Å². The minimum absolute atomic E-state index is 0.0467. The van der Waals surface area contributed by atoms with E-state index in [1.54, 1.807) is 20.8 Å². The summed E-state index contributed by atoms with van der Waals surface area (Å²) >= 11 is 0. The molecule has 1 atom stereocenters. The monoisotopic (exact) mass is 428 g/mol. The second-order valence-electron chi connectivity index (χ2n) is 7.41. The van der Waals surface area contributed by atoms with E-state index in [1.165, 1.54) is 11.0 Å². The lowest BCUT2D eigenvalue weighted by atomic mass is 10.2. The van der Waals surface area contributed by atoms with Crippen molar-refractivity contribution in [3.8, 4) is 11.5 Å². The lowest BCUT2D eigenvalue weighted by molar-refractivity contribution is -0.0354. The van der Waals surface area contributed by atoms with Gasteiger partial charge in [-0.25, -0.2) is 22.7 Å². The second kappa shape index (κ2) is 7.69. The Balaban J connectivity index is 1.86. The van der Waals surface area contributed by atoms with E-state index in [1.807, 2.05) is 0 Å². The van der Waals surface area contributed by atoms with E-state index in [0.717, 1.165) is 12.1 Å². The Bertz CT molecular complexity index is 1020. The first-order chi connectivity index (χ1) is 13.5. The highest BCUT2D eigenvalue weighted by Crippen LogP contribution is 2.28. The number of nitrogens with two attached hydrogens (primary N) is 1. The number of carbonyl (C=O) groups excluding carboxylic acids is 1. The summed E-state index contributed by atoms with van der Waals surface area (Å²) in [6.45, 7) is 6.02. The maximum atomic E-state index is 14.1. The Hall–Kier alpha value is -2.57. The van der Waals surface area contributed by atoms with Crippen LogP contribution in [0.3, 0.4) is 0 Å². The standard InChI is InChI=1S/C17H21FN4O6S/c1-17(2,3)27-16(23)22-6-7-26-9-12(22)14-20-15(28-21-14)10-4-5-13(11(18)8-10)29(19,24)25/h4-5,8,12H,6-7,9H2,1-3H3,(H2,19,24,25)/t12-/m1/s1. The molecule has 1 amide bonds. The Morgan fingerprint density at radius 3 is 2.72 bits per heavy atom. The fourth-order valence-corrected chi connectivity index (χ4v) is 3.30. The van der Waals surface area contributed by atoms with Gasteiger partial charge in [-0.15, -0.1) is 0 Å². The van der Waals surface area contributed by atoms with Gasteiger partial charge in [0.15, 0.2) is 5.82 Å². The van der Waals surface area contributed by atoms with E-state index >= 15 is 0 Å². The summed E-state index contributed by atoms with van der Waals surface area (Å²) in [7, 11) is -4.19. The first-order valence-corrected chi connectivity index (χ1v) is 10.2. The predicted molar refractivity (Wildman–Crippen MR) is 97.6 cm³/mol. The van der Waals surface area contributed by atoms with Crippen molar-refractivity contribution in [1.29, 1.82) is 0 Å². The normalized spacial score (nSPS) is 18.0. The molecule has 0 spiro atoms. The number of sulfonamides is 1. The molecule has 1 aromatic carbocycles. The number of morpholine rings is 1. The molecule has 158 valence electrons. The maximum absolute atomic E-state index is 14.1. The van der Waals surface area contributed by atoms with Crippen molar-refractivity contribution in [1.82, 2.24) is 15.0 Å². The van der Waals surface area contributed by atoms with Crippen molar-refractivity contribution >= 4 is 16.1 Å². The van der Waals surface area contributed by atoms with Crippen molar-refractivity contribution in [2.75, 3.05) is 19.8 Å². The third-order valence-electron chi connectivity index (χ3n) is 3.98. The highest BCUT2D eigenvalue weighted by atomic mass is 32.2. The lowest BCUT2D eigenvalue weighted by Crippen LogP contribution is -2.46. The number of aromatic nitrogens is 2. The van der Waals surface area contributed by atoms with Gasteiger partial charge in [-0.2, -0.15) is 4.98 Å². The molecular formula is C17H21FN4O6S. The summed E-state index contributed by atoms with van der Waals surface area (Å²) in [6.07, 6.45) is -0.541. The molecule has 2 aromatic rings. The maximum Gasteiger partial charge on any atom is 0.411 e. The van der Waals surface area contributed by atoms with Crippen LogP contribution >= 0.6 is 0 Å². The van der Waals surface area contributed by atoms with Crippen LogP contribution in [0, 0.1) is 5.82 Å². The van der Waals surface area contributed by atoms with Crippen LogP contribution in [0.1, 0.15) is 32.6 Å². The Morgan fingerprint density at radius 1 is 1.38 bits per heavy atom. The first-order valence-electron chi connectivity index (χ1n) is 8.69. The molecule has 0 saturated carbocycles. The molecule has 0 unspecified atom stereocenters. The molecule has 1 aliphatic rings. The van der Waals surface area contributed by atoms with Gasteiger partial charge in [-0.3, -0.25) is 4.90 Å². The molecule has 1 fully saturated rings. The highest BCUT2D eigenvalue weighted by molar-refractivity contribution is 7.89. The van der Waals surface area contributed by atoms with Gasteiger partial charge in [0, 0.05) is 12.1 Å². The van der Waals surface area contributed by atoms with Crippen LogP contribution in [0.2, 0.25) is 0 Å². The zero-order valence-corrected chi connectivity index (χ0v) is 16.9. The topological polar surface area (TPSA) is 138 Å². The Morgan fingerprint density at radius 2 is 2.10 bits per heavy atom. The van der Waals surface area contributed by atoms with Gasteiger partial charge in [0.2, 0.25) is 10.0 Å². The summed E-state index contributed by atoms with van der Waals surface area (Å²) in [5.74, 6) is -0.933. The number of hydrogen-bond acceptors (Lipinski definition) is 8. The van der Waals surface area contributed by atoms with Crippen molar-refractivity contribution in [3.05, 3.63) is 29.8 Å². The number of nitrogens with zero attached hydrogens (tertiary/aromatic N) is 3. The summed E-state index contributed by atoms with van der Waals surface area (Å²) in [5.41, 5.74) is -0.514. The highest BCUT2D eigenvalue weighted by Gasteiger charge is 2.35. The molecule has 2 heterocycles. The number of carbonyl (C=O) groups is 1. The number of hydrogen-bond donors (Lipinski definition) is 1. The van der Waals surface area contributed by atoms with Gasteiger partial charge < -0.3 is 14.0 Å². The average Bonchev–Trinajstić information content (AvgIpc) is 3.09. The van der Waals surface area contributed by atoms with Crippen molar-refractivity contribution in [3.63, 3.8) is 0 Å². The third-order valence-corrected chi connectivity index (χ3v) is 4.93. The van der Waals surface area contributed by atoms with Crippen molar-refractivity contribution in [2.24, 2.45) is 5.14 Å². The predicted octanol–water partition coefficient (Wildman–Crippen LogP) is 1.83. The van der Waals surface area contributed by atoms with E-state index in [2.05, 4.69) is 10.1 Å². The zero-order valence-electron chi connectivity index (χ0n) is 16.1. The number of rotatable bonds is 3. The summed E-state index contributed by atoms with van der Waals surface area (Å²) in [4.78, 5) is 17.5. The van der Waals surface area contributed by atoms with Gasteiger partial charge in [0.1, 0.15) is 22.4 Å². The molecule has 12 heteroatoms. The second-order valence-corrected chi connectivity index (χ2v) is 8.94. The molecule has 1 aromatic heterocycles. The van der Waals surface area contributed by atoms with Crippen LogP contribution in [0.15, 0.2) is 27.6 Å². The van der Waals surface area contributed by atoms with Crippen molar-refractivity contribution in [2.45, 2.75) is 37.3 Å². The number of benzene rings is 1. The molecule has 2 N–H and O–H groups in total. The summed E-state index contributed by atoms with van der Waals surface area (Å²) < 4.78 is 52.7. The van der Waals surface area contributed by atoms with Gasteiger partial charge in [-0.05, 0) is 39.0 Å². The van der Waals surface area contributed by atoms with E-state index in [9.17, 15) is 17.6 Å². The number of ether oxygens (including phenoxy) is 2. The van der Waals surface area contributed by atoms with Gasteiger partial charge in [-0.1, -0.05) is 5.16 Å². The molecule has 0 bridgehead atoms. The molecular weight excluding hydrogens is 407 g/mol. The largest absolute Gasteiger partial charge is 0.444 e. The summed E-state index contributed by atoms with van der Waals surface area (Å²) in [6, 6.07) is 2.59. The molecule has 3 rings (SSSR count). The Labute approximate surface area is 166 Å². The van der Waals surface area contributed by atoms with Crippen LogP contribution in [0.4, 0.5) is 9.18 Å². The van der Waals surface area contributed by atoms with Crippen LogP contribution in [-0.4, -0.2) is 54.9 Å². The quantitative estimate of drug-likeness (QED) is 0.781. The Kier molecular flexibility index (Phi) is 5.61. The average molecular weight is 428 g/mol.